The summed E-state index contributed by atoms with van der Waals surface area (Å²) in [6.07, 6.45) is 0. The Morgan fingerprint density at radius 1 is 0.239 bits per heavy atom. The van der Waals surface area contributed by atoms with Crippen LogP contribution in [0, 0.1) is 0 Å². The van der Waals surface area contributed by atoms with Crippen molar-refractivity contribution in [2.75, 3.05) is 9.80 Å². The molecule has 0 unspecified atom stereocenters. The summed E-state index contributed by atoms with van der Waals surface area (Å²) in [7, 11) is 0. The molecule has 3 heteroatoms. The lowest BCUT2D eigenvalue weighted by Crippen LogP contribution is -2.11. The van der Waals surface area contributed by atoms with Gasteiger partial charge in [-0.25, -0.2) is 0 Å². The highest BCUT2D eigenvalue weighted by Gasteiger charge is 2.20. The van der Waals surface area contributed by atoms with Crippen molar-refractivity contribution in [2.24, 2.45) is 0 Å². The Morgan fingerprint density at radius 2 is 0.704 bits per heavy atom. The standard InChI is InChI=1S/C68H46N2S/c1-2-15-47(16-3-1)53-21-10-25-60(44-53)70(66-31-14-30-65-64-28-8-9-32-67(64)71-68(65)66)61-26-12-23-55(46-61)54-22-11-24-59(45-54)69(57-39-35-49(36-40-57)56-34-33-48-17-4-5-19-52(48)43-56)58-41-37-51(38-42-58)63-29-13-20-50-18-6-7-27-62(50)63/h1-46H. The zero-order valence-corrected chi connectivity index (χ0v) is 39.7. The second-order valence-corrected chi connectivity index (χ2v) is 19.2. The molecule has 0 radical (unpaired) electrons. The maximum Gasteiger partial charge on any atom is 0.0640 e. The van der Waals surface area contributed by atoms with Crippen LogP contribution in [0.25, 0.3) is 86.2 Å². The quantitative estimate of drug-likeness (QED) is 0.135. The Bertz CT molecular complexity index is 4050. The molecule has 0 amide bonds. The second-order valence-electron chi connectivity index (χ2n) is 18.1. The molecule has 0 saturated heterocycles. The van der Waals surface area contributed by atoms with E-state index in [-0.39, 0.29) is 0 Å². The molecular formula is C68H46N2S. The predicted octanol–water partition coefficient (Wildman–Crippen LogP) is 20.0. The van der Waals surface area contributed by atoms with Crippen molar-refractivity contribution < 1.29 is 0 Å². The summed E-state index contributed by atoms with van der Waals surface area (Å²) in [5.41, 5.74) is 16.0. The molecule has 2 nitrogen and oxygen atoms in total. The average molecular weight is 923 g/mol. The molecule has 0 aliphatic rings. The van der Waals surface area contributed by atoms with Gasteiger partial charge < -0.3 is 9.80 Å². The topological polar surface area (TPSA) is 6.48 Å². The molecule has 12 aromatic carbocycles. The van der Waals surface area contributed by atoms with Crippen molar-refractivity contribution in [2.45, 2.75) is 0 Å². The van der Waals surface area contributed by atoms with E-state index in [1.165, 1.54) is 75.1 Å². The van der Waals surface area contributed by atoms with E-state index in [9.17, 15) is 0 Å². The number of anilines is 6. The zero-order chi connectivity index (χ0) is 47.1. The van der Waals surface area contributed by atoms with Crippen molar-refractivity contribution in [1.82, 2.24) is 0 Å². The van der Waals surface area contributed by atoms with Gasteiger partial charge in [-0.3, -0.25) is 0 Å². The Hall–Kier alpha value is -9.02. The van der Waals surface area contributed by atoms with E-state index in [1.54, 1.807) is 0 Å². The normalized spacial score (nSPS) is 11.4. The number of nitrogens with zero attached hydrogens (tertiary/aromatic N) is 2. The number of rotatable bonds is 10. The van der Waals surface area contributed by atoms with Crippen LogP contribution >= 0.6 is 11.3 Å². The summed E-state index contributed by atoms with van der Waals surface area (Å²) in [6.45, 7) is 0. The maximum absolute atomic E-state index is 2.44. The minimum absolute atomic E-state index is 1.08. The Labute approximate surface area is 418 Å². The van der Waals surface area contributed by atoms with E-state index >= 15 is 0 Å². The van der Waals surface area contributed by atoms with Crippen LogP contribution < -0.4 is 9.80 Å². The first-order valence-corrected chi connectivity index (χ1v) is 25.0. The van der Waals surface area contributed by atoms with Crippen molar-refractivity contribution in [3.05, 3.63) is 279 Å². The second kappa shape index (κ2) is 18.1. The first kappa shape index (κ1) is 42.1. The van der Waals surface area contributed by atoms with E-state index in [0.717, 1.165) is 45.3 Å². The van der Waals surface area contributed by atoms with Gasteiger partial charge in [-0.05, 0) is 145 Å². The lowest BCUT2D eigenvalue weighted by atomic mass is 9.98. The molecule has 13 rings (SSSR count). The van der Waals surface area contributed by atoms with E-state index in [2.05, 4.69) is 289 Å². The van der Waals surface area contributed by atoms with E-state index < -0.39 is 0 Å². The SMILES string of the molecule is c1ccc(-c2cccc(N(c3cccc(-c4cccc(N(c5ccc(-c6ccc7ccccc7c6)cc5)c5ccc(-c6cccc7ccccc67)cc5)c4)c3)c3cccc4c3sc3ccccc34)c2)cc1. The molecule has 334 valence electrons. The predicted molar refractivity (Wildman–Crippen MR) is 305 cm³/mol. The fraction of sp³-hybridized carbons (Fsp3) is 0. The third-order valence-electron chi connectivity index (χ3n) is 13.8. The van der Waals surface area contributed by atoms with E-state index in [4.69, 9.17) is 0 Å². The minimum Gasteiger partial charge on any atom is -0.310 e. The first-order chi connectivity index (χ1) is 35.2. The van der Waals surface area contributed by atoms with Crippen LogP contribution in [0.3, 0.4) is 0 Å². The molecule has 13 aromatic rings. The lowest BCUT2D eigenvalue weighted by molar-refractivity contribution is 1.28. The van der Waals surface area contributed by atoms with Gasteiger partial charge in [0.05, 0.1) is 10.4 Å². The van der Waals surface area contributed by atoms with Crippen molar-refractivity contribution in [1.29, 1.82) is 0 Å². The van der Waals surface area contributed by atoms with Gasteiger partial charge >= 0.3 is 0 Å². The van der Waals surface area contributed by atoms with Crippen LogP contribution in [-0.4, -0.2) is 0 Å². The molecule has 1 heterocycles. The van der Waals surface area contributed by atoms with Crippen LogP contribution in [0.1, 0.15) is 0 Å². The number of hydrogen-bond acceptors (Lipinski definition) is 3. The van der Waals surface area contributed by atoms with Gasteiger partial charge in [0.1, 0.15) is 0 Å². The molecule has 71 heavy (non-hydrogen) atoms. The van der Waals surface area contributed by atoms with Crippen LogP contribution in [0.5, 0.6) is 0 Å². The van der Waals surface area contributed by atoms with Crippen molar-refractivity contribution in [3.63, 3.8) is 0 Å². The van der Waals surface area contributed by atoms with Crippen LogP contribution in [0.2, 0.25) is 0 Å². The Kier molecular flexibility index (Phi) is 10.8. The van der Waals surface area contributed by atoms with Crippen molar-refractivity contribution in [3.8, 4) is 44.5 Å². The third kappa shape index (κ3) is 7.99. The van der Waals surface area contributed by atoms with Crippen molar-refractivity contribution >= 4 is 87.2 Å². The largest absolute Gasteiger partial charge is 0.310 e. The Balaban J connectivity index is 0.921. The van der Waals surface area contributed by atoms with Crippen LogP contribution in [0.15, 0.2) is 279 Å². The molecule has 0 N–H and O–H groups in total. The summed E-state index contributed by atoms with van der Waals surface area (Å²) in [5, 5.41) is 7.53. The fourth-order valence-electron chi connectivity index (χ4n) is 10.3. The molecule has 1 aromatic heterocycles. The number of hydrogen-bond donors (Lipinski definition) is 0. The van der Waals surface area contributed by atoms with Crippen LogP contribution in [0.4, 0.5) is 34.1 Å². The highest BCUT2D eigenvalue weighted by Crippen LogP contribution is 2.46. The highest BCUT2D eigenvalue weighted by atomic mass is 32.1. The van der Waals surface area contributed by atoms with Gasteiger partial charge in [0, 0.05) is 43.9 Å². The molecule has 0 fully saturated rings. The van der Waals surface area contributed by atoms with Gasteiger partial charge in [-0.15, -0.1) is 11.3 Å². The monoisotopic (exact) mass is 922 g/mol. The zero-order valence-electron chi connectivity index (χ0n) is 38.9. The minimum atomic E-state index is 1.08. The fourth-order valence-corrected chi connectivity index (χ4v) is 11.5. The van der Waals surface area contributed by atoms with Gasteiger partial charge in [0.25, 0.3) is 0 Å². The first-order valence-electron chi connectivity index (χ1n) is 24.2. The van der Waals surface area contributed by atoms with E-state index in [0.29, 0.717) is 0 Å². The summed E-state index contributed by atoms with van der Waals surface area (Å²) in [4.78, 5) is 4.83. The summed E-state index contributed by atoms with van der Waals surface area (Å²) in [6, 6.07) is 102. The average Bonchev–Trinajstić information content (AvgIpc) is 3.84. The summed E-state index contributed by atoms with van der Waals surface area (Å²) in [5.74, 6) is 0. The van der Waals surface area contributed by atoms with Gasteiger partial charge in [0.2, 0.25) is 0 Å². The third-order valence-corrected chi connectivity index (χ3v) is 15.0. The molecule has 0 saturated carbocycles. The number of fused-ring (bicyclic) bond motifs is 5. The van der Waals surface area contributed by atoms with Gasteiger partial charge in [0.15, 0.2) is 0 Å². The maximum atomic E-state index is 2.44. The number of benzene rings is 12. The summed E-state index contributed by atoms with van der Waals surface area (Å²) < 4.78 is 2.55. The molecule has 0 spiro atoms. The van der Waals surface area contributed by atoms with Gasteiger partial charge in [-0.1, -0.05) is 200 Å². The molecular weight excluding hydrogens is 877 g/mol. The Morgan fingerprint density at radius 3 is 1.41 bits per heavy atom. The molecule has 0 aliphatic heterocycles. The number of thiophene rings is 1. The lowest BCUT2D eigenvalue weighted by Gasteiger charge is -2.28. The van der Waals surface area contributed by atoms with Crippen LogP contribution in [-0.2, 0) is 0 Å². The highest BCUT2D eigenvalue weighted by molar-refractivity contribution is 7.26. The smallest absolute Gasteiger partial charge is 0.0640 e. The van der Waals surface area contributed by atoms with Gasteiger partial charge in [-0.2, -0.15) is 0 Å². The summed E-state index contributed by atoms with van der Waals surface area (Å²) >= 11 is 1.86. The molecule has 0 atom stereocenters. The molecule has 0 bridgehead atoms. The van der Waals surface area contributed by atoms with E-state index in [1.807, 2.05) is 11.3 Å². The molecule has 0 aliphatic carbocycles.